The van der Waals surface area contributed by atoms with Gasteiger partial charge in [-0.05, 0) is 18.6 Å². The van der Waals surface area contributed by atoms with Crippen LogP contribution in [0.15, 0.2) is 35.5 Å². The Bertz CT molecular complexity index is 823. The average Bonchev–Trinajstić information content (AvgIpc) is 3.07. The van der Waals surface area contributed by atoms with Gasteiger partial charge in [-0.25, -0.2) is 4.79 Å². The zero-order valence-electron chi connectivity index (χ0n) is 15.1. The second-order valence-corrected chi connectivity index (χ2v) is 8.63. The molecule has 0 aromatic heterocycles. The van der Waals surface area contributed by atoms with Gasteiger partial charge in [0.05, 0.1) is 37.2 Å². The van der Waals surface area contributed by atoms with Crippen LogP contribution in [0.25, 0.3) is 0 Å². The van der Waals surface area contributed by atoms with Gasteiger partial charge in [-0.15, -0.1) is 0 Å². The van der Waals surface area contributed by atoms with Gasteiger partial charge in [0.1, 0.15) is 6.04 Å². The van der Waals surface area contributed by atoms with E-state index < -0.39 is 12.1 Å². The Kier molecular flexibility index (Phi) is 3.75. The molecule has 0 saturated carbocycles. The quantitative estimate of drug-likeness (QED) is 0.576. The van der Waals surface area contributed by atoms with E-state index in [-0.39, 0.29) is 29.7 Å². The van der Waals surface area contributed by atoms with Gasteiger partial charge in [0.15, 0.2) is 0 Å². The van der Waals surface area contributed by atoms with Gasteiger partial charge in [0.2, 0.25) is 0 Å². The molecule has 1 spiro atoms. The number of rotatable bonds is 2. The van der Waals surface area contributed by atoms with Crippen LogP contribution in [0.2, 0.25) is 0 Å². The van der Waals surface area contributed by atoms with Crippen LogP contribution >= 0.6 is 0 Å². The zero-order valence-corrected chi connectivity index (χ0v) is 15.8. The number of aliphatic carboxylic acids is 1. The molecule has 0 unspecified atom stereocenters. The highest BCUT2D eigenvalue weighted by molar-refractivity contribution is 5.92. The maximum atomic E-state index is 12.3. The number of hydrogen-bond donors (Lipinski definition) is 3. The first kappa shape index (κ1) is 17.8. The fourth-order valence-electron chi connectivity index (χ4n) is 6.53. The molecular formula is C20H25ClN2O3. The molecule has 2 bridgehead atoms. The lowest BCUT2D eigenvalue weighted by molar-refractivity contribution is -0.933. The van der Waals surface area contributed by atoms with Crippen LogP contribution in [0, 0.1) is 11.8 Å². The summed E-state index contributed by atoms with van der Waals surface area (Å²) in [5.41, 5.74) is 3.57. The van der Waals surface area contributed by atoms with Crippen LogP contribution in [-0.4, -0.2) is 52.9 Å². The predicted molar refractivity (Wildman–Crippen MR) is 94.0 cm³/mol. The van der Waals surface area contributed by atoms with E-state index in [1.807, 2.05) is 13.0 Å². The lowest BCUT2D eigenvalue weighted by Crippen LogP contribution is -3.00. The number of fused-ring (bicyclic) bond motifs is 2. The summed E-state index contributed by atoms with van der Waals surface area (Å²) in [7, 11) is 2.30. The topological polar surface area (TPSA) is 69.6 Å². The van der Waals surface area contributed by atoms with Gasteiger partial charge in [-0.3, -0.25) is 0 Å². The Morgan fingerprint density at radius 3 is 2.81 bits per heavy atom. The normalized spacial score (nSPS) is 40.2. The molecule has 5 nitrogen and oxygen atoms in total. The minimum absolute atomic E-state index is 0. The van der Waals surface area contributed by atoms with Gasteiger partial charge < -0.3 is 32.4 Å². The van der Waals surface area contributed by atoms with Crippen molar-refractivity contribution in [2.75, 3.05) is 25.5 Å². The Morgan fingerprint density at radius 2 is 2.12 bits per heavy atom. The molecule has 1 aliphatic carbocycles. The van der Waals surface area contributed by atoms with Gasteiger partial charge in [0.25, 0.3) is 0 Å². The molecule has 6 atom stereocenters. The van der Waals surface area contributed by atoms with Crippen LogP contribution in [0.5, 0.6) is 0 Å². The summed E-state index contributed by atoms with van der Waals surface area (Å²) in [5.74, 6) is -0.898. The molecule has 3 N–H and O–H groups in total. The lowest BCUT2D eigenvalue weighted by atomic mass is 9.59. The van der Waals surface area contributed by atoms with E-state index in [4.69, 9.17) is 0 Å². The summed E-state index contributed by atoms with van der Waals surface area (Å²) >= 11 is 0. The summed E-state index contributed by atoms with van der Waals surface area (Å²) in [6.07, 6.45) is 1.34. The molecule has 3 aliphatic heterocycles. The van der Waals surface area contributed by atoms with Crippen molar-refractivity contribution in [3.63, 3.8) is 0 Å². The molecule has 0 amide bonds. The van der Waals surface area contributed by atoms with E-state index in [1.54, 1.807) is 0 Å². The van der Waals surface area contributed by atoms with Crippen molar-refractivity contribution in [3.05, 3.63) is 41.1 Å². The highest BCUT2D eigenvalue weighted by atomic mass is 35.5. The number of hydrogen-bond acceptors (Lipinski definition) is 3. The number of para-hydroxylation sites is 1. The van der Waals surface area contributed by atoms with Crippen molar-refractivity contribution in [2.24, 2.45) is 11.8 Å². The van der Waals surface area contributed by atoms with Crippen molar-refractivity contribution in [1.29, 1.82) is 0 Å². The molecular weight excluding hydrogens is 352 g/mol. The number of aliphatic hydroxyl groups is 1. The number of carboxylic acid groups (broad SMARTS) is 1. The Morgan fingerprint density at radius 1 is 1.38 bits per heavy atom. The number of carboxylic acids is 1. The summed E-state index contributed by atoms with van der Waals surface area (Å²) < 4.78 is 0.943. The summed E-state index contributed by atoms with van der Waals surface area (Å²) in [6.45, 7) is 3.71. The largest absolute Gasteiger partial charge is 1.00 e. The van der Waals surface area contributed by atoms with Crippen LogP contribution in [0.1, 0.15) is 25.3 Å². The first-order valence-electron chi connectivity index (χ1n) is 9.25. The fourth-order valence-corrected chi connectivity index (χ4v) is 6.53. The van der Waals surface area contributed by atoms with E-state index in [9.17, 15) is 15.0 Å². The molecule has 1 aromatic carbocycles. The number of nitrogens with zero attached hydrogens (tertiary/aromatic N) is 1. The number of quaternary nitrogens is 1. The predicted octanol–water partition coefficient (Wildman–Crippen LogP) is -1.06. The molecule has 5 rings (SSSR count). The number of piperidine rings is 1. The number of anilines is 1. The number of halogens is 1. The van der Waals surface area contributed by atoms with Gasteiger partial charge in [0, 0.05) is 36.1 Å². The third-order valence-electron chi connectivity index (χ3n) is 7.56. The second-order valence-electron chi connectivity index (χ2n) is 8.63. The Balaban J connectivity index is 0.00000168. The van der Waals surface area contributed by atoms with Crippen molar-refractivity contribution in [1.82, 2.24) is 0 Å². The third-order valence-corrected chi connectivity index (χ3v) is 7.56. The summed E-state index contributed by atoms with van der Waals surface area (Å²) in [5, 5.41) is 24.0. The van der Waals surface area contributed by atoms with Gasteiger partial charge in [-0.1, -0.05) is 18.2 Å². The lowest BCUT2D eigenvalue weighted by Gasteiger charge is -2.54. The first-order valence-corrected chi connectivity index (χ1v) is 9.25. The van der Waals surface area contributed by atoms with Crippen LogP contribution in [-0.2, 0) is 10.2 Å². The molecule has 6 heteroatoms. The van der Waals surface area contributed by atoms with Crippen LogP contribution < -0.4 is 17.7 Å². The SMILES string of the molecule is C[C@@H](O)[C@H]1C[N@+]2(C)CC[C@]34C(=C(C(=O)O)[C@H]1C[C@@H]32)Nc1ccccc14.[Cl-]. The van der Waals surface area contributed by atoms with Crippen molar-refractivity contribution >= 4 is 11.7 Å². The molecule has 2 saturated heterocycles. The van der Waals surface area contributed by atoms with E-state index in [2.05, 4.69) is 30.6 Å². The highest BCUT2D eigenvalue weighted by Gasteiger charge is 2.69. The van der Waals surface area contributed by atoms with Crippen molar-refractivity contribution in [2.45, 2.75) is 37.3 Å². The Hall–Kier alpha value is -1.56. The first-order chi connectivity index (χ1) is 11.9. The molecule has 26 heavy (non-hydrogen) atoms. The monoisotopic (exact) mass is 376 g/mol. The van der Waals surface area contributed by atoms with Gasteiger partial charge >= 0.3 is 5.97 Å². The van der Waals surface area contributed by atoms with Crippen molar-refractivity contribution in [3.8, 4) is 0 Å². The molecule has 4 aliphatic rings. The average molecular weight is 377 g/mol. The number of likely N-dealkylation sites (N-methyl/N-ethyl adjacent to an activating group) is 1. The van der Waals surface area contributed by atoms with Crippen LogP contribution in [0.3, 0.4) is 0 Å². The summed E-state index contributed by atoms with van der Waals surface area (Å²) in [6, 6.07) is 8.70. The smallest absolute Gasteiger partial charge is 0.333 e. The number of carbonyl (C=O) groups is 1. The fraction of sp³-hybridized carbons (Fsp3) is 0.550. The van der Waals surface area contributed by atoms with Crippen LogP contribution in [0.4, 0.5) is 5.69 Å². The van der Waals surface area contributed by atoms with E-state index in [0.717, 1.165) is 41.8 Å². The molecule has 0 radical (unpaired) electrons. The zero-order chi connectivity index (χ0) is 17.6. The van der Waals surface area contributed by atoms with E-state index in [0.29, 0.717) is 11.6 Å². The second kappa shape index (κ2) is 5.47. The molecule has 140 valence electrons. The van der Waals surface area contributed by atoms with Crippen molar-refractivity contribution < 1.29 is 31.9 Å². The Labute approximate surface area is 159 Å². The molecule has 3 heterocycles. The van der Waals surface area contributed by atoms with Gasteiger partial charge in [-0.2, -0.15) is 0 Å². The number of aliphatic hydroxyl groups excluding tert-OH is 1. The maximum absolute atomic E-state index is 12.3. The third kappa shape index (κ3) is 1.91. The van der Waals surface area contributed by atoms with E-state index >= 15 is 0 Å². The minimum Gasteiger partial charge on any atom is -1.00 e. The molecule has 1 aromatic rings. The maximum Gasteiger partial charge on any atom is 0.333 e. The number of nitrogens with one attached hydrogen (secondary N) is 1. The minimum atomic E-state index is -0.827. The van der Waals surface area contributed by atoms with E-state index in [1.165, 1.54) is 5.56 Å². The summed E-state index contributed by atoms with van der Waals surface area (Å²) in [4.78, 5) is 12.3. The highest BCUT2D eigenvalue weighted by Crippen LogP contribution is 2.63. The molecule has 2 fully saturated rings. The standard InChI is InChI=1S/C20H24N2O3.ClH/c1-11(23)13-10-22(2)8-7-20-14-5-3-4-6-15(14)21-18(20)17(19(24)25)12(13)9-16(20)22;/h3-6,11-13,16,21,23H,7-10H2,1-2H3;1H/t11-,12+,13-,16+,20-,22+;/m1./s1. The number of benzene rings is 1.